The first-order chi connectivity index (χ1) is 8.50. The Morgan fingerprint density at radius 2 is 1.84 bits per heavy atom. The van der Waals surface area contributed by atoms with Gasteiger partial charge in [-0.05, 0) is 18.2 Å². The second kappa shape index (κ2) is 5.25. The summed E-state index contributed by atoms with van der Waals surface area (Å²) in [6.07, 6.45) is -0.500. The van der Waals surface area contributed by atoms with Gasteiger partial charge in [-0.25, -0.2) is 0 Å². The molecule has 19 heavy (non-hydrogen) atoms. The molecule has 0 aliphatic heterocycles. The third-order valence-corrected chi connectivity index (χ3v) is 3.74. The summed E-state index contributed by atoms with van der Waals surface area (Å²) in [7, 11) is -8.79. The molecule has 0 atom stereocenters. The van der Waals surface area contributed by atoms with Crippen LogP contribution >= 0.6 is 0 Å². The van der Waals surface area contributed by atoms with E-state index in [2.05, 4.69) is 6.07 Å². The number of benzene rings is 1. The predicted molar refractivity (Wildman–Crippen MR) is 64.9 cm³/mol. The summed E-state index contributed by atoms with van der Waals surface area (Å²) in [5.41, 5.74) is 4.84. The van der Waals surface area contributed by atoms with Gasteiger partial charge in [0.25, 0.3) is 20.2 Å². The lowest BCUT2D eigenvalue weighted by molar-refractivity contribution is 0.0987. The third kappa shape index (κ3) is 4.59. The molecule has 0 saturated carbocycles. The molecular weight excluding hydrogens is 298 g/mol. The highest BCUT2D eigenvalue weighted by molar-refractivity contribution is 7.86. The van der Waals surface area contributed by atoms with Gasteiger partial charge >= 0.3 is 0 Å². The van der Waals surface area contributed by atoms with Gasteiger partial charge in [0.05, 0.1) is 11.4 Å². The molecule has 0 saturated heterocycles. The molecule has 0 spiro atoms. The van der Waals surface area contributed by atoms with Gasteiger partial charge < -0.3 is 5.73 Å². The largest absolute Gasteiger partial charge is 0.398 e. The molecule has 0 bridgehead atoms. The number of hydrogen-bond acceptors (Lipinski definition) is 6. The fraction of sp³-hybridized carbons (Fsp3) is 0.222. The predicted octanol–water partition coefficient (Wildman–Crippen LogP) is -0.224. The van der Waals surface area contributed by atoms with E-state index in [1.807, 2.05) is 0 Å². The molecule has 1 rings (SSSR count). The number of ketones is 1. The molecule has 10 heteroatoms. The van der Waals surface area contributed by atoms with Gasteiger partial charge in [0.15, 0.2) is 5.78 Å². The van der Waals surface area contributed by atoms with Gasteiger partial charge in [-0.1, -0.05) is 0 Å². The highest BCUT2D eigenvalue weighted by Crippen LogP contribution is 2.19. The van der Waals surface area contributed by atoms with Crippen LogP contribution in [0.15, 0.2) is 17.0 Å². The van der Waals surface area contributed by atoms with Crippen LogP contribution in [0.2, 0.25) is 0 Å². The van der Waals surface area contributed by atoms with Crippen LogP contribution in [0.3, 0.4) is 0 Å². The van der Waals surface area contributed by atoms with Gasteiger partial charge in [-0.2, -0.15) is 16.8 Å². The lowest BCUT2D eigenvalue weighted by Crippen LogP contribution is -2.11. The molecule has 0 aliphatic rings. The molecule has 0 unspecified atom stereocenters. The fourth-order valence-electron chi connectivity index (χ4n) is 1.24. The molecule has 8 nitrogen and oxygen atoms in total. The number of carbonyl (C=O) groups excluding carboxylic acids is 1. The zero-order chi connectivity index (χ0) is 14.8. The van der Waals surface area contributed by atoms with E-state index in [1.165, 1.54) is 0 Å². The lowest BCUT2D eigenvalue weighted by Gasteiger charge is -2.04. The Labute approximate surface area is 109 Å². The van der Waals surface area contributed by atoms with Crippen molar-refractivity contribution in [1.82, 2.24) is 0 Å². The van der Waals surface area contributed by atoms with Crippen molar-refractivity contribution in [3.05, 3.63) is 23.8 Å². The van der Waals surface area contributed by atoms with Crippen LogP contribution in [0.25, 0.3) is 0 Å². The van der Waals surface area contributed by atoms with Crippen LogP contribution in [0.4, 0.5) is 5.69 Å². The van der Waals surface area contributed by atoms with Crippen molar-refractivity contribution in [3.8, 4) is 0 Å². The van der Waals surface area contributed by atoms with E-state index < -0.39 is 43.1 Å². The minimum Gasteiger partial charge on any atom is -0.398 e. The average Bonchev–Trinajstić information content (AvgIpc) is 2.22. The van der Waals surface area contributed by atoms with Crippen molar-refractivity contribution in [2.45, 2.75) is 11.3 Å². The maximum atomic E-state index is 11.5. The third-order valence-electron chi connectivity index (χ3n) is 2.11. The summed E-state index contributed by atoms with van der Waals surface area (Å²) in [5.74, 6) is -1.45. The Balaban J connectivity index is 2.99. The van der Waals surface area contributed by atoms with Crippen molar-refractivity contribution < 1.29 is 30.7 Å². The normalized spacial score (nSPS) is 12.3. The molecule has 0 aromatic heterocycles. The van der Waals surface area contributed by atoms with Crippen molar-refractivity contribution >= 4 is 31.7 Å². The Kier molecular flexibility index (Phi) is 4.30. The van der Waals surface area contributed by atoms with Crippen LogP contribution < -0.4 is 5.73 Å². The van der Waals surface area contributed by atoms with E-state index in [4.69, 9.17) is 14.8 Å². The highest BCUT2D eigenvalue weighted by Gasteiger charge is 2.17. The maximum Gasteiger partial charge on any atom is 0.296 e. The minimum absolute atomic E-state index is 0.145. The quantitative estimate of drug-likeness (QED) is 0.383. The average molecular weight is 308 g/mol. The molecular formula is C9H10NO7S2. The number of rotatable bonds is 5. The number of Topliss-reactive ketones (excluding diaryl/α,β-unsaturated/α-hetero) is 1. The molecule has 0 fully saturated rings. The van der Waals surface area contributed by atoms with E-state index in [1.54, 1.807) is 0 Å². The summed E-state index contributed by atoms with van der Waals surface area (Å²) in [4.78, 5) is 10.9. The van der Waals surface area contributed by atoms with Crippen molar-refractivity contribution in [2.24, 2.45) is 0 Å². The minimum atomic E-state index is -4.51. The highest BCUT2D eigenvalue weighted by atomic mass is 32.2. The van der Waals surface area contributed by atoms with Crippen molar-refractivity contribution in [3.63, 3.8) is 0 Å². The van der Waals surface area contributed by atoms with Crippen LogP contribution in [-0.2, 0) is 20.2 Å². The topological polar surface area (TPSA) is 152 Å². The Bertz CT molecular complexity index is 706. The van der Waals surface area contributed by atoms with E-state index in [9.17, 15) is 21.6 Å². The number of anilines is 1. The van der Waals surface area contributed by atoms with Gasteiger partial charge in [0, 0.05) is 12.0 Å². The van der Waals surface area contributed by atoms with Gasteiger partial charge in [-0.15, -0.1) is 0 Å². The SMILES string of the molecule is Nc1cc(C(=O)CCS(=O)(=O)O)[c]cc1S(=O)(=O)O. The molecule has 4 N–H and O–H groups in total. The summed E-state index contributed by atoms with van der Waals surface area (Å²) in [6, 6.07) is 4.04. The van der Waals surface area contributed by atoms with E-state index in [-0.39, 0.29) is 11.3 Å². The zero-order valence-corrected chi connectivity index (χ0v) is 11.0. The summed E-state index contributed by atoms with van der Waals surface area (Å²) >= 11 is 0. The molecule has 105 valence electrons. The fourth-order valence-corrected chi connectivity index (χ4v) is 2.24. The first-order valence-corrected chi connectivity index (χ1v) is 7.82. The Hall–Kier alpha value is -1.49. The monoisotopic (exact) mass is 308 g/mol. The van der Waals surface area contributed by atoms with E-state index in [0.717, 1.165) is 12.1 Å². The second-order valence-corrected chi connectivity index (χ2v) is 6.56. The number of carbonyl (C=O) groups is 1. The number of nitrogen functional groups attached to an aromatic ring is 1. The van der Waals surface area contributed by atoms with E-state index >= 15 is 0 Å². The lowest BCUT2D eigenvalue weighted by atomic mass is 10.1. The zero-order valence-electron chi connectivity index (χ0n) is 9.40. The van der Waals surface area contributed by atoms with Crippen LogP contribution in [0.1, 0.15) is 16.8 Å². The Morgan fingerprint density at radius 1 is 1.26 bits per heavy atom. The molecule has 1 aromatic carbocycles. The molecule has 1 radical (unpaired) electrons. The summed E-state index contributed by atoms with van der Waals surface area (Å²) < 4.78 is 59.9. The smallest absolute Gasteiger partial charge is 0.296 e. The molecule has 0 aliphatic carbocycles. The molecule has 1 aromatic rings. The van der Waals surface area contributed by atoms with Crippen LogP contribution in [0, 0.1) is 6.07 Å². The summed E-state index contributed by atoms with van der Waals surface area (Å²) in [5, 5.41) is 0. The Morgan fingerprint density at radius 3 is 2.26 bits per heavy atom. The molecule has 0 heterocycles. The van der Waals surface area contributed by atoms with Crippen molar-refractivity contribution in [1.29, 1.82) is 0 Å². The summed E-state index contributed by atoms with van der Waals surface area (Å²) in [6.45, 7) is 0. The van der Waals surface area contributed by atoms with Crippen LogP contribution in [0.5, 0.6) is 0 Å². The van der Waals surface area contributed by atoms with E-state index in [0.29, 0.717) is 0 Å². The maximum absolute atomic E-state index is 11.5. The van der Waals surface area contributed by atoms with Gasteiger partial charge in [-0.3, -0.25) is 13.9 Å². The number of nitrogens with two attached hydrogens (primary N) is 1. The first kappa shape index (κ1) is 15.6. The standard InChI is InChI=1S/C9H10NO7S2/c10-7-5-6(1-2-9(7)19(15,16)17)8(11)3-4-18(12,13)14/h2,5H,3-4,10H2,(H,12,13,14)(H,15,16,17). The van der Waals surface area contributed by atoms with Crippen LogP contribution in [-0.4, -0.2) is 37.5 Å². The number of hydrogen-bond donors (Lipinski definition) is 3. The molecule has 0 amide bonds. The van der Waals surface area contributed by atoms with Gasteiger partial charge in [0.1, 0.15) is 4.90 Å². The first-order valence-electron chi connectivity index (χ1n) is 4.78. The van der Waals surface area contributed by atoms with Gasteiger partial charge in [0.2, 0.25) is 0 Å². The van der Waals surface area contributed by atoms with Crippen molar-refractivity contribution in [2.75, 3.05) is 11.5 Å². The second-order valence-electron chi connectivity index (χ2n) is 3.60.